The van der Waals surface area contributed by atoms with Crippen molar-refractivity contribution in [3.05, 3.63) is 18.1 Å². The van der Waals surface area contributed by atoms with Crippen LogP contribution in [0.3, 0.4) is 0 Å². The molecule has 1 aliphatic heterocycles. The number of carbonyl (C=O) groups is 1. The van der Waals surface area contributed by atoms with Gasteiger partial charge in [0.25, 0.3) is 0 Å². The molecule has 1 saturated heterocycles. The summed E-state index contributed by atoms with van der Waals surface area (Å²) in [4.78, 5) is 21.2. The number of nitrogens with one attached hydrogen (secondary N) is 1. The molecule has 1 fully saturated rings. The Bertz CT molecular complexity index is 396. The lowest BCUT2D eigenvalue weighted by Crippen LogP contribution is -2.54. The molecule has 0 aliphatic carbocycles. The van der Waals surface area contributed by atoms with E-state index in [0.29, 0.717) is 13.1 Å². The zero-order valence-corrected chi connectivity index (χ0v) is 9.05. The van der Waals surface area contributed by atoms with E-state index in [1.165, 1.54) is 0 Å². The maximum absolute atomic E-state index is 10.9. The molecule has 1 aliphatic rings. The molecule has 0 amide bonds. The van der Waals surface area contributed by atoms with Crippen molar-refractivity contribution in [2.75, 3.05) is 24.5 Å². The fraction of sp³-hybridized carbons (Fsp3) is 0.500. The molecule has 1 aromatic heterocycles. The molecule has 2 N–H and O–H groups in total. The van der Waals surface area contributed by atoms with Crippen LogP contribution in [-0.4, -0.2) is 46.7 Å². The van der Waals surface area contributed by atoms with Crippen molar-refractivity contribution in [2.45, 2.75) is 13.0 Å². The number of anilines is 1. The predicted octanol–water partition coefficient (Wildman–Crippen LogP) is -0.352. The van der Waals surface area contributed by atoms with Crippen LogP contribution in [0.1, 0.15) is 5.69 Å². The topological polar surface area (TPSA) is 78.4 Å². The lowest BCUT2D eigenvalue weighted by Gasteiger charge is -2.32. The standard InChI is InChI=1S/C10H14N4O2/c1-7-9(13-3-2-11-7)14-5-4-12-8(6-14)10(15)16/h2-3,8,12H,4-6H2,1H3,(H,15,16). The van der Waals surface area contributed by atoms with Gasteiger partial charge in [-0.25, -0.2) is 4.98 Å². The Kier molecular flexibility index (Phi) is 3.00. The zero-order chi connectivity index (χ0) is 11.5. The predicted molar refractivity (Wildman–Crippen MR) is 58.4 cm³/mol. The van der Waals surface area contributed by atoms with Crippen molar-refractivity contribution in [1.29, 1.82) is 0 Å². The third kappa shape index (κ3) is 2.11. The first-order chi connectivity index (χ1) is 7.68. The molecule has 0 radical (unpaired) electrons. The second-order valence-electron chi connectivity index (χ2n) is 3.76. The number of hydrogen-bond donors (Lipinski definition) is 2. The van der Waals surface area contributed by atoms with Gasteiger partial charge in [-0.3, -0.25) is 9.78 Å². The number of aryl methyl sites for hydroxylation is 1. The summed E-state index contributed by atoms with van der Waals surface area (Å²) in [6.45, 7) is 3.70. The van der Waals surface area contributed by atoms with Crippen LogP contribution in [0.15, 0.2) is 12.4 Å². The number of piperazine rings is 1. The molecule has 2 heterocycles. The molecule has 2 rings (SSSR count). The van der Waals surface area contributed by atoms with E-state index < -0.39 is 12.0 Å². The van der Waals surface area contributed by atoms with E-state index in [1.54, 1.807) is 12.4 Å². The molecule has 86 valence electrons. The summed E-state index contributed by atoms with van der Waals surface area (Å²) in [5.74, 6) is -0.0542. The van der Waals surface area contributed by atoms with Crippen molar-refractivity contribution < 1.29 is 9.90 Å². The highest BCUT2D eigenvalue weighted by Gasteiger charge is 2.26. The van der Waals surface area contributed by atoms with Crippen molar-refractivity contribution in [3.8, 4) is 0 Å². The average molecular weight is 222 g/mol. The molecule has 0 saturated carbocycles. The SMILES string of the molecule is Cc1nccnc1N1CCNC(C(=O)O)C1. The smallest absolute Gasteiger partial charge is 0.322 e. The third-order valence-electron chi connectivity index (χ3n) is 2.63. The summed E-state index contributed by atoms with van der Waals surface area (Å²) >= 11 is 0. The fourth-order valence-corrected chi connectivity index (χ4v) is 1.82. The maximum atomic E-state index is 10.9. The first kappa shape index (κ1) is 10.8. The Labute approximate surface area is 93.3 Å². The first-order valence-corrected chi connectivity index (χ1v) is 5.17. The van der Waals surface area contributed by atoms with E-state index in [9.17, 15) is 4.79 Å². The molecule has 0 bridgehead atoms. The first-order valence-electron chi connectivity index (χ1n) is 5.17. The summed E-state index contributed by atoms with van der Waals surface area (Å²) < 4.78 is 0. The Morgan fingerprint density at radius 3 is 3.00 bits per heavy atom. The van der Waals surface area contributed by atoms with Crippen molar-refractivity contribution in [2.24, 2.45) is 0 Å². The van der Waals surface area contributed by atoms with Crippen LogP contribution in [0, 0.1) is 6.92 Å². The van der Waals surface area contributed by atoms with Gasteiger partial charge >= 0.3 is 5.97 Å². The normalized spacial score (nSPS) is 20.8. The highest BCUT2D eigenvalue weighted by Crippen LogP contribution is 2.15. The Balaban J connectivity index is 2.16. The van der Waals surface area contributed by atoms with Crippen LogP contribution in [-0.2, 0) is 4.79 Å². The molecular formula is C10H14N4O2. The summed E-state index contributed by atoms with van der Waals surface area (Å²) in [6.07, 6.45) is 3.26. The van der Waals surface area contributed by atoms with E-state index in [1.807, 2.05) is 11.8 Å². The third-order valence-corrected chi connectivity index (χ3v) is 2.63. The van der Waals surface area contributed by atoms with E-state index in [2.05, 4.69) is 15.3 Å². The van der Waals surface area contributed by atoms with Crippen molar-refractivity contribution >= 4 is 11.8 Å². The van der Waals surface area contributed by atoms with Gasteiger partial charge in [-0.2, -0.15) is 0 Å². The summed E-state index contributed by atoms with van der Waals surface area (Å²) in [6, 6.07) is -0.532. The number of carboxylic acid groups (broad SMARTS) is 1. The molecule has 1 aromatic rings. The van der Waals surface area contributed by atoms with Crippen LogP contribution >= 0.6 is 0 Å². The second kappa shape index (κ2) is 4.44. The second-order valence-corrected chi connectivity index (χ2v) is 3.76. The number of hydrogen-bond acceptors (Lipinski definition) is 5. The van der Waals surface area contributed by atoms with E-state index in [-0.39, 0.29) is 0 Å². The van der Waals surface area contributed by atoms with Crippen LogP contribution in [0.25, 0.3) is 0 Å². The Morgan fingerprint density at radius 2 is 2.31 bits per heavy atom. The van der Waals surface area contributed by atoms with Gasteiger partial charge in [0.05, 0.1) is 5.69 Å². The minimum atomic E-state index is -0.828. The molecule has 6 nitrogen and oxygen atoms in total. The Hall–Kier alpha value is -1.69. The number of aliphatic carboxylic acids is 1. The van der Waals surface area contributed by atoms with Gasteiger partial charge in [0.15, 0.2) is 0 Å². The minimum Gasteiger partial charge on any atom is -0.480 e. The highest BCUT2D eigenvalue weighted by atomic mass is 16.4. The quantitative estimate of drug-likeness (QED) is 0.712. The maximum Gasteiger partial charge on any atom is 0.322 e. The van der Waals surface area contributed by atoms with Gasteiger partial charge in [0.1, 0.15) is 11.9 Å². The number of nitrogens with zero attached hydrogens (tertiary/aromatic N) is 3. The monoisotopic (exact) mass is 222 g/mol. The number of carboxylic acids is 1. The van der Waals surface area contributed by atoms with E-state index in [0.717, 1.165) is 18.1 Å². The molecule has 1 unspecified atom stereocenters. The average Bonchev–Trinajstić information content (AvgIpc) is 2.30. The van der Waals surface area contributed by atoms with Gasteiger partial charge in [-0.1, -0.05) is 0 Å². The van der Waals surface area contributed by atoms with Crippen LogP contribution in [0.5, 0.6) is 0 Å². The van der Waals surface area contributed by atoms with Gasteiger partial charge in [0.2, 0.25) is 0 Å². The van der Waals surface area contributed by atoms with Gasteiger partial charge in [-0.05, 0) is 6.92 Å². The van der Waals surface area contributed by atoms with Crippen LogP contribution in [0.4, 0.5) is 5.82 Å². The largest absolute Gasteiger partial charge is 0.480 e. The molecule has 0 aromatic carbocycles. The van der Waals surface area contributed by atoms with Crippen LogP contribution < -0.4 is 10.2 Å². The number of aromatic nitrogens is 2. The molecule has 16 heavy (non-hydrogen) atoms. The van der Waals surface area contributed by atoms with Gasteiger partial charge < -0.3 is 15.3 Å². The summed E-state index contributed by atoms with van der Waals surface area (Å²) in [5, 5.41) is 11.9. The van der Waals surface area contributed by atoms with E-state index >= 15 is 0 Å². The van der Waals surface area contributed by atoms with Crippen molar-refractivity contribution in [3.63, 3.8) is 0 Å². The van der Waals surface area contributed by atoms with Crippen molar-refractivity contribution in [1.82, 2.24) is 15.3 Å². The minimum absolute atomic E-state index is 0.425. The zero-order valence-electron chi connectivity index (χ0n) is 9.05. The van der Waals surface area contributed by atoms with E-state index in [4.69, 9.17) is 5.11 Å². The summed E-state index contributed by atoms with van der Waals surface area (Å²) in [7, 11) is 0. The van der Waals surface area contributed by atoms with Gasteiger partial charge in [-0.15, -0.1) is 0 Å². The molecule has 0 spiro atoms. The molecular weight excluding hydrogens is 208 g/mol. The highest BCUT2D eigenvalue weighted by molar-refractivity contribution is 5.74. The molecule has 1 atom stereocenters. The molecule has 6 heteroatoms. The van der Waals surface area contributed by atoms with Gasteiger partial charge in [0, 0.05) is 32.0 Å². The Morgan fingerprint density at radius 1 is 1.56 bits per heavy atom. The van der Waals surface area contributed by atoms with Crippen LogP contribution in [0.2, 0.25) is 0 Å². The fourth-order valence-electron chi connectivity index (χ4n) is 1.82. The summed E-state index contributed by atoms with van der Waals surface area (Å²) in [5.41, 5.74) is 0.827. The number of rotatable bonds is 2. The lowest BCUT2D eigenvalue weighted by molar-refractivity contribution is -0.139. The lowest BCUT2D eigenvalue weighted by atomic mass is 10.2.